The van der Waals surface area contributed by atoms with Crippen LogP contribution in [0.4, 0.5) is 0 Å². The third-order valence-corrected chi connectivity index (χ3v) is 8.12. The van der Waals surface area contributed by atoms with Crippen LogP contribution >= 0.6 is 0 Å². The molecular formula is C26H30N4O5. The fourth-order valence-corrected chi connectivity index (χ4v) is 6.18. The number of hydrogen-bond acceptors (Lipinski definition) is 9. The molecule has 2 heterocycles. The molecule has 4 rings (SSSR count). The zero-order chi connectivity index (χ0) is 25.8. The second-order valence-electron chi connectivity index (χ2n) is 10.5. The van der Waals surface area contributed by atoms with Crippen LogP contribution in [0.15, 0.2) is 12.1 Å². The molecule has 9 heteroatoms. The Labute approximate surface area is 205 Å². The van der Waals surface area contributed by atoms with Gasteiger partial charge in [-0.15, -0.1) is 0 Å². The lowest BCUT2D eigenvalue weighted by molar-refractivity contribution is -0.301. The van der Waals surface area contributed by atoms with Crippen molar-refractivity contribution in [2.45, 2.75) is 51.9 Å². The number of methoxy groups -OCH3 is 3. The van der Waals surface area contributed by atoms with Crippen molar-refractivity contribution >= 4 is 5.90 Å². The highest BCUT2D eigenvalue weighted by Crippen LogP contribution is 2.71. The first-order valence-corrected chi connectivity index (χ1v) is 11.5. The van der Waals surface area contributed by atoms with Crippen LogP contribution < -0.4 is 14.2 Å². The van der Waals surface area contributed by atoms with Crippen LogP contribution in [0.5, 0.6) is 17.2 Å². The molecule has 1 aromatic carbocycles. The molecule has 1 aliphatic carbocycles. The molecule has 0 aromatic heterocycles. The fraction of sp³-hybridized carbons (Fsp3) is 0.615. The summed E-state index contributed by atoms with van der Waals surface area (Å²) in [7, 11) is 4.40. The smallest absolute Gasteiger partial charge is 0.217 e. The predicted molar refractivity (Wildman–Crippen MR) is 123 cm³/mol. The lowest BCUT2D eigenvalue weighted by Gasteiger charge is -2.54. The van der Waals surface area contributed by atoms with Crippen LogP contribution in [0.2, 0.25) is 0 Å². The van der Waals surface area contributed by atoms with Crippen molar-refractivity contribution in [3.63, 3.8) is 0 Å². The molecule has 5 unspecified atom stereocenters. The standard InChI is InChI=1S/C26H30N4O5/c1-23(2,3)16-7-8-26-19(11-16)25(14-29,22(30)35-26)24(12-27,13-28)21(34-26)15-9-17(31-4)20(33-6)18(10-15)32-5/h9-10,16,19,21,30H,7-8,11H2,1-6H3. The van der Waals surface area contributed by atoms with Gasteiger partial charge in [0, 0.05) is 6.42 Å². The van der Waals surface area contributed by atoms with E-state index in [0.717, 1.165) is 6.42 Å². The quantitative estimate of drug-likeness (QED) is 0.667. The first kappa shape index (κ1) is 24.6. The van der Waals surface area contributed by atoms with Crippen LogP contribution in [0.3, 0.4) is 0 Å². The molecule has 0 spiro atoms. The topological polar surface area (TPSA) is 141 Å². The van der Waals surface area contributed by atoms with Gasteiger partial charge in [0.2, 0.25) is 22.8 Å². The van der Waals surface area contributed by atoms with Gasteiger partial charge in [0.25, 0.3) is 0 Å². The Morgan fingerprint density at radius 3 is 2.06 bits per heavy atom. The summed E-state index contributed by atoms with van der Waals surface area (Å²) in [5, 5.41) is 40.5. The van der Waals surface area contributed by atoms with E-state index in [2.05, 4.69) is 39.0 Å². The van der Waals surface area contributed by atoms with Crippen molar-refractivity contribution in [2.24, 2.45) is 28.1 Å². The van der Waals surface area contributed by atoms with Crippen LogP contribution in [0, 0.1) is 67.5 Å². The fourth-order valence-electron chi connectivity index (χ4n) is 6.18. The van der Waals surface area contributed by atoms with Gasteiger partial charge in [-0.1, -0.05) is 20.8 Å². The molecule has 1 aromatic rings. The summed E-state index contributed by atoms with van der Waals surface area (Å²) in [6.07, 6.45) is 0.519. The summed E-state index contributed by atoms with van der Waals surface area (Å²) in [5.41, 5.74) is -3.51. The molecular weight excluding hydrogens is 448 g/mol. The SMILES string of the molecule is COc1cc(C2OC34CCC(C(C)(C)C)CC3C(C#N)(C(=N)O4)C2(C#N)C#N)cc(OC)c1OC. The van der Waals surface area contributed by atoms with Crippen molar-refractivity contribution in [3.05, 3.63) is 17.7 Å². The van der Waals surface area contributed by atoms with Crippen LogP contribution in [0.25, 0.3) is 0 Å². The molecule has 2 saturated heterocycles. The van der Waals surface area contributed by atoms with Crippen molar-refractivity contribution in [1.82, 2.24) is 0 Å². The van der Waals surface area contributed by atoms with Crippen molar-refractivity contribution in [2.75, 3.05) is 21.3 Å². The molecule has 5 atom stereocenters. The van der Waals surface area contributed by atoms with Crippen molar-refractivity contribution in [1.29, 1.82) is 21.2 Å². The van der Waals surface area contributed by atoms with Gasteiger partial charge in [0.15, 0.2) is 16.9 Å². The molecule has 2 aliphatic heterocycles. The maximum Gasteiger partial charge on any atom is 0.217 e. The Balaban J connectivity index is 1.97. The monoisotopic (exact) mass is 478 g/mol. The number of benzene rings is 1. The van der Waals surface area contributed by atoms with Crippen LogP contribution in [0.1, 0.15) is 51.7 Å². The van der Waals surface area contributed by atoms with E-state index < -0.39 is 28.6 Å². The highest BCUT2D eigenvalue weighted by molar-refractivity contribution is 5.89. The molecule has 3 fully saturated rings. The summed E-state index contributed by atoms with van der Waals surface area (Å²) < 4.78 is 29.0. The number of ether oxygens (including phenoxy) is 5. The second-order valence-corrected chi connectivity index (χ2v) is 10.5. The van der Waals surface area contributed by atoms with E-state index in [0.29, 0.717) is 35.7 Å². The zero-order valence-corrected chi connectivity index (χ0v) is 20.9. The highest BCUT2D eigenvalue weighted by Gasteiger charge is 2.81. The third-order valence-electron chi connectivity index (χ3n) is 8.12. The van der Waals surface area contributed by atoms with E-state index in [9.17, 15) is 15.8 Å². The van der Waals surface area contributed by atoms with Gasteiger partial charge in [-0.25, -0.2) is 0 Å². The number of nitriles is 3. The second kappa shape index (κ2) is 8.04. The highest BCUT2D eigenvalue weighted by atomic mass is 16.7. The number of nitrogens with one attached hydrogen (secondary N) is 1. The lowest BCUT2D eigenvalue weighted by Crippen LogP contribution is -2.61. The molecule has 184 valence electrons. The average molecular weight is 479 g/mol. The number of hydrogen-bond donors (Lipinski definition) is 1. The van der Waals surface area contributed by atoms with Crippen LogP contribution in [-0.4, -0.2) is 33.0 Å². The van der Waals surface area contributed by atoms with E-state index in [1.807, 2.05) is 0 Å². The van der Waals surface area contributed by atoms with Crippen molar-refractivity contribution < 1.29 is 23.7 Å². The Hall–Kier alpha value is -3.48. The molecule has 2 bridgehead atoms. The number of nitrogens with zero attached hydrogens (tertiary/aromatic N) is 3. The van der Waals surface area contributed by atoms with Gasteiger partial charge >= 0.3 is 0 Å². The molecule has 9 nitrogen and oxygen atoms in total. The molecule has 0 amide bonds. The van der Waals surface area contributed by atoms with Gasteiger partial charge in [0.05, 0.1) is 45.5 Å². The Morgan fingerprint density at radius 1 is 1.00 bits per heavy atom. The molecule has 0 radical (unpaired) electrons. The largest absolute Gasteiger partial charge is 0.493 e. The Kier molecular flexibility index (Phi) is 5.66. The van der Waals surface area contributed by atoms with Gasteiger partial charge in [-0.3, -0.25) is 5.41 Å². The Bertz CT molecular complexity index is 1150. The molecule has 3 aliphatic rings. The first-order chi connectivity index (χ1) is 16.5. The average Bonchev–Trinajstić information content (AvgIpc) is 3.05. The predicted octanol–water partition coefficient (Wildman–Crippen LogP) is 4.49. The maximum absolute atomic E-state index is 10.6. The van der Waals surface area contributed by atoms with Crippen molar-refractivity contribution in [3.8, 4) is 35.5 Å². The van der Waals surface area contributed by atoms with E-state index in [1.165, 1.54) is 21.3 Å². The summed E-state index contributed by atoms with van der Waals surface area (Å²) in [5.74, 6) is -1.10. The van der Waals surface area contributed by atoms with E-state index >= 15 is 0 Å². The van der Waals surface area contributed by atoms with Gasteiger partial charge < -0.3 is 23.7 Å². The van der Waals surface area contributed by atoms with E-state index in [4.69, 9.17) is 29.1 Å². The minimum absolute atomic E-state index is 0.0601. The third kappa shape index (κ3) is 3.03. The molecule has 1 N–H and O–H groups in total. The van der Waals surface area contributed by atoms with Gasteiger partial charge in [-0.2, -0.15) is 15.8 Å². The lowest BCUT2D eigenvalue weighted by atomic mass is 9.49. The van der Waals surface area contributed by atoms with Crippen LogP contribution in [-0.2, 0) is 9.47 Å². The van der Waals surface area contributed by atoms with Gasteiger partial charge in [-0.05, 0) is 41.9 Å². The molecule has 35 heavy (non-hydrogen) atoms. The summed E-state index contributed by atoms with van der Waals surface area (Å²) >= 11 is 0. The number of rotatable bonds is 4. The summed E-state index contributed by atoms with van der Waals surface area (Å²) in [6, 6.07) is 9.68. The van der Waals surface area contributed by atoms with E-state index in [-0.39, 0.29) is 17.2 Å². The normalized spacial score (nSPS) is 32.8. The zero-order valence-electron chi connectivity index (χ0n) is 20.9. The Morgan fingerprint density at radius 2 is 1.60 bits per heavy atom. The molecule has 1 saturated carbocycles. The minimum Gasteiger partial charge on any atom is -0.493 e. The summed E-state index contributed by atoms with van der Waals surface area (Å²) in [6.45, 7) is 6.40. The van der Waals surface area contributed by atoms with Gasteiger partial charge in [0.1, 0.15) is 6.10 Å². The van der Waals surface area contributed by atoms with E-state index in [1.54, 1.807) is 12.1 Å². The minimum atomic E-state index is -2.05. The summed E-state index contributed by atoms with van der Waals surface area (Å²) in [4.78, 5) is 0. The maximum atomic E-state index is 10.6. The first-order valence-electron chi connectivity index (χ1n) is 11.5.